The summed E-state index contributed by atoms with van der Waals surface area (Å²) in [5.41, 5.74) is 14.9. The summed E-state index contributed by atoms with van der Waals surface area (Å²) in [5.74, 6) is -1.59. The first kappa shape index (κ1) is 20.4. The molecule has 1 atom stereocenters. The standard InChI is InChI=1S/C17H18BrF2N7/c1-2-10(14-6-11(18)16(26-14)17(22)25-8-21)15(27-23)7-24-13-4-3-9(19)5-12(13)20/h3-8,10,23-24,26H,2H2,1H3,(H3,21,22,25)/b15-7-,27-23?. The molecule has 0 aliphatic carbocycles. The molecular weight excluding hydrogens is 420 g/mol. The molecule has 2 aromatic rings. The topological polar surface area (TPSA) is 126 Å². The quantitative estimate of drug-likeness (QED) is 0.230. The van der Waals surface area contributed by atoms with Crippen molar-refractivity contribution in [1.82, 2.24) is 4.98 Å². The molecule has 1 aromatic heterocycles. The largest absolute Gasteiger partial charge is 0.382 e. The molecule has 6 N–H and O–H groups in total. The third-order valence-corrected chi connectivity index (χ3v) is 4.45. The molecule has 0 radical (unpaired) electrons. The Bertz CT molecular complexity index is 905. The summed E-state index contributed by atoms with van der Waals surface area (Å²) in [6.07, 6.45) is 2.84. The van der Waals surface area contributed by atoms with Crippen LogP contribution < -0.4 is 11.1 Å². The van der Waals surface area contributed by atoms with Crippen molar-refractivity contribution in [1.29, 1.82) is 10.9 Å². The van der Waals surface area contributed by atoms with Crippen LogP contribution in [0.2, 0.25) is 0 Å². The molecule has 27 heavy (non-hydrogen) atoms. The van der Waals surface area contributed by atoms with E-state index in [0.29, 0.717) is 28.0 Å². The Balaban J connectivity index is 2.33. The molecule has 2 rings (SSSR count). The van der Waals surface area contributed by atoms with Crippen LogP contribution in [0.3, 0.4) is 0 Å². The van der Waals surface area contributed by atoms with Crippen molar-refractivity contribution in [2.75, 3.05) is 5.32 Å². The van der Waals surface area contributed by atoms with Crippen molar-refractivity contribution < 1.29 is 8.78 Å². The van der Waals surface area contributed by atoms with Gasteiger partial charge in [-0.1, -0.05) is 6.92 Å². The van der Waals surface area contributed by atoms with Crippen LogP contribution in [0.15, 0.2) is 50.7 Å². The van der Waals surface area contributed by atoms with Crippen LogP contribution in [-0.2, 0) is 0 Å². The number of allylic oxidation sites excluding steroid dienone is 1. The van der Waals surface area contributed by atoms with Crippen LogP contribution in [-0.4, -0.2) is 17.2 Å². The second-order valence-corrected chi connectivity index (χ2v) is 6.36. The monoisotopic (exact) mass is 437 g/mol. The summed E-state index contributed by atoms with van der Waals surface area (Å²) in [5, 5.41) is 13.3. The van der Waals surface area contributed by atoms with Crippen molar-refractivity contribution in [3.05, 3.63) is 63.7 Å². The highest BCUT2D eigenvalue weighted by atomic mass is 79.9. The number of halogens is 3. The van der Waals surface area contributed by atoms with Gasteiger partial charge in [0, 0.05) is 28.4 Å². The van der Waals surface area contributed by atoms with Crippen molar-refractivity contribution in [2.24, 2.45) is 15.8 Å². The van der Waals surface area contributed by atoms with Crippen LogP contribution in [0.1, 0.15) is 30.7 Å². The van der Waals surface area contributed by atoms with E-state index in [-0.39, 0.29) is 17.4 Å². The third-order valence-electron chi connectivity index (χ3n) is 3.83. The van der Waals surface area contributed by atoms with Gasteiger partial charge in [-0.3, -0.25) is 5.41 Å². The van der Waals surface area contributed by atoms with Gasteiger partial charge in [0.25, 0.3) is 0 Å². The zero-order valence-electron chi connectivity index (χ0n) is 14.4. The van der Waals surface area contributed by atoms with Crippen molar-refractivity contribution in [3.63, 3.8) is 0 Å². The summed E-state index contributed by atoms with van der Waals surface area (Å²) in [6.45, 7) is 1.91. The highest BCUT2D eigenvalue weighted by Crippen LogP contribution is 2.31. The first-order chi connectivity index (χ1) is 12.9. The van der Waals surface area contributed by atoms with Gasteiger partial charge in [-0.2, -0.15) is 5.11 Å². The van der Waals surface area contributed by atoms with E-state index in [4.69, 9.17) is 16.7 Å². The van der Waals surface area contributed by atoms with E-state index < -0.39 is 11.6 Å². The maximum atomic E-state index is 13.8. The van der Waals surface area contributed by atoms with Crippen molar-refractivity contribution >= 4 is 33.8 Å². The zero-order chi connectivity index (χ0) is 20.0. The molecule has 1 unspecified atom stereocenters. The van der Waals surface area contributed by atoms with Gasteiger partial charge in [-0.25, -0.2) is 19.3 Å². The number of nitrogens with two attached hydrogens (primary N) is 1. The van der Waals surface area contributed by atoms with E-state index in [0.717, 1.165) is 18.5 Å². The fourth-order valence-electron chi connectivity index (χ4n) is 2.51. The van der Waals surface area contributed by atoms with Crippen LogP contribution in [0, 0.1) is 22.6 Å². The lowest BCUT2D eigenvalue weighted by atomic mass is 9.99. The van der Waals surface area contributed by atoms with E-state index >= 15 is 0 Å². The smallest absolute Gasteiger partial charge is 0.150 e. The normalized spacial score (nSPS) is 13.3. The van der Waals surface area contributed by atoms with Crippen LogP contribution in [0.5, 0.6) is 0 Å². The van der Waals surface area contributed by atoms with Crippen molar-refractivity contribution in [3.8, 4) is 0 Å². The Morgan fingerprint density at radius 2 is 2.15 bits per heavy atom. The lowest BCUT2D eigenvalue weighted by Crippen LogP contribution is -2.15. The average Bonchev–Trinajstić information content (AvgIpc) is 3.01. The number of hydrogen-bond donors (Lipinski definition) is 5. The maximum absolute atomic E-state index is 13.8. The summed E-state index contributed by atoms with van der Waals surface area (Å²) in [7, 11) is 0. The Hall–Kier alpha value is -2.88. The molecule has 0 saturated heterocycles. The summed E-state index contributed by atoms with van der Waals surface area (Å²) in [4.78, 5) is 6.83. The minimum Gasteiger partial charge on any atom is -0.382 e. The molecule has 0 spiro atoms. The molecule has 0 saturated carbocycles. The Morgan fingerprint density at radius 1 is 1.41 bits per heavy atom. The molecule has 0 aliphatic rings. The number of rotatable bonds is 8. The SMILES string of the molecule is CCC(/C(=C/Nc1ccc(F)cc1F)N=N)c1cc(Br)c(/C(N)=N\C=N)[nH]1. The molecule has 142 valence electrons. The number of benzene rings is 1. The fourth-order valence-corrected chi connectivity index (χ4v) is 3.06. The van der Waals surface area contributed by atoms with E-state index in [1.807, 2.05) is 6.92 Å². The maximum Gasteiger partial charge on any atom is 0.150 e. The number of nitrogens with one attached hydrogen (secondary N) is 4. The Kier molecular flexibility index (Phi) is 6.94. The molecule has 0 fully saturated rings. The lowest BCUT2D eigenvalue weighted by molar-refractivity contribution is 0.586. The molecule has 1 heterocycles. The number of aromatic nitrogens is 1. The van der Waals surface area contributed by atoms with Gasteiger partial charge < -0.3 is 16.0 Å². The third kappa shape index (κ3) is 4.85. The Labute approximate surface area is 162 Å². The molecule has 10 heteroatoms. The average molecular weight is 438 g/mol. The molecule has 0 amide bonds. The summed E-state index contributed by atoms with van der Waals surface area (Å²) >= 11 is 3.38. The highest BCUT2D eigenvalue weighted by Gasteiger charge is 2.20. The highest BCUT2D eigenvalue weighted by molar-refractivity contribution is 9.10. The van der Waals surface area contributed by atoms with E-state index in [9.17, 15) is 8.78 Å². The lowest BCUT2D eigenvalue weighted by Gasteiger charge is -2.14. The van der Waals surface area contributed by atoms with Crippen LogP contribution >= 0.6 is 15.9 Å². The minimum atomic E-state index is -0.746. The number of aromatic amines is 1. The number of hydrogen-bond acceptors (Lipinski definition) is 4. The molecule has 0 bridgehead atoms. The minimum absolute atomic E-state index is 0.0723. The molecule has 1 aromatic carbocycles. The van der Waals surface area contributed by atoms with Crippen LogP contribution in [0.25, 0.3) is 0 Å². The summed E-state index contributed by atoms with van der Waals surface area (Å²) in [6, 6.07) is 4.95. The fraction of sp³-hybridized carbons (Fsp3) is 0.176. The van der Waals surface area contributed by atoms with Crippen molar-refractivity contribution in [2.45, 2.75) is 19.3 Å². The number of H-pyrrole nitrogens is 1. The van der Waals surface area contributed by atoms with Crippen LogP contribution in [0.4, 0.5) is 14.5 Å². The van der Waals surface area contributed by atoms with E-state index in [2.05, 4.69) is 36.3 Å². The predicted molar refractivity (Wildman–Crippen MR) is 104 cm³/mol. The number of aliphatic imine (C=N–C) groups is 1. The second-order valence-electron chi connectivity index (χ2n) is 5.50. The van der Waals surface area contributed by atoms with Gasteiger partial charge in [0.15, 0.2) is 0 Å². The summed E-state index contributed by atoms with van der Waals surface area (Å²) < 4.78 is 27.4. The van der Waals surface area contributed by atoms with E-state index in [1.54, 1.807) is 6.07 Å². The Morgan fingerprint density at radius 3 is 2.74 bits per heavy atom. The van der Waals surface area contributed by atoms with Gasteiger partial charge in [0.05, 0.1) is 17.1 Å². The van der Waals surface area contributed by atoms with Gasteiger partial charge >= 0.3 is 0 Å². The second kappa shape index (κ2) is 9.17. The van der Waals surface area contributed by atoms with E-state index in [1.165, 1.54) is 12.3 Å². The zero-order valence-corrected chi connectivity index (χ0v) is 15.9. The van der Waals surface area contributed by atoms with Gasteiger partial charge in [-0.05, 0) is 40.5 Å². The molecule has 0 aliphatic heterocycles. The number of anilines is 1. The van der Waals surface area contributed by atoms with Gasteiger partial charge in [0.1, 0.15) is 23.8 Å². The van der Waals surface area contributed by atoms with Gasteiger partial charge in [-0.15, -0.1) is 0 Å². The molecular formula is C17H18BrF2N7. The number of nitrogens with zero attached hydrogens (tertiary/aromatic N) is 2. The van der Waals surface area contributed by atoms with Gasteiger partial charge in [0.2, 0.25) is 0 Å². The molecule has 7 nitrogen and oxygen atoms in total. The number of amidine groups is 1. The first-order valence-electron chi connectivity index (χ1n) is 7.91. The first-order valence-corrected chi connectivity index (χ1v) is 8.70. The predicted octanol–water partition coefficient (Wildman–Crippen LogP) is 4.85.